The summed E-state index contributed by atoms with van der Waals surface area (Å²) in [7, 11) is 2.07. The van der Waals surface area contributed by atoms with Gasteiger partial charge >= 0.3 is 0 Å². The molecule has 1 rings (SSSR count). The van der Waals surface area contributed by atoms with Gasteiger partial charge in [-0.15, -0.1) is 0 Å². The fourth-order valence-corrected chi connectivity index (χ4v) is 0.889. The Morgan fingerprint density at radius 2 is 1.73 bits per heavy atom. The van der Waals surface area contributed by atoms with Crippen LogP contribution in [0.3, 0.4) is 0 Å². The van der Waals surface area contributed by atoms with Crippen molar-refractivity contribution >= 4 is 13.3 Å². The van der Waals surface area contributed by atoms with Crippen molar-refractivity contribution in [3.8, 4) is 5.75 Å². The first-order valence-electron chi connectivity index (χ1n) is 3.92. The number of ether oxygens (including phenoxy) is 1. The zero-order valence-electron chi connectivity index (χ0n) is 7.29. The lowest BCUT2D eigenvalue weighted by molar-refractivity contribution is 0.242. The van der Waals surface area contributed by atoms with Crippen LogP contribution in [-0.4, -0.2) is 14.0 Å². The van der Waals surface area contributed by atoms with Crippen molar-refractivity contribution in [2.45, 2.75) is 20.0 Å². The van der Waals surface area contributed by atoms with Gasteiger partial charge < -0.3 is 4.74 Å². The Labute approximate surface area is 68.8 Å². The Bertz CT molecular complexity index is 216. The van der Waals surface area contributed by atoms with Gasteiger partial charge in [-0.3, -0.25) is 0 Å². The maximum atomic E-state index is 5.47. The molecule has 11 heavy (non-hydrogen) atoms. The van der Waals surface area contributed by atoms with Crippen molar-refractivity contribution in [1.29, 1.82) is 0 Å². The van der Waals surface area contributed by atoms with Crippen molar-refractivity contribution in [2.75, 3.05) is 0 Å². The zero-order chi connectivity index (χ0) is 8.27. The number of benzene rings is 1. The lowest BCUT2D eigenvalue weighted by Gasteiger charge is -2.08. The second-order valence-electron chi connectivity index (χ2n) is 2.98. The first kappa shape index (κ1) is 8.18. The third-order valence-corrected chi connectivity index (χ3v) is 1.39. The van der Waals surface area contributed by atoms with Crippen LogP contribution in [0.5, 0.6) is 5.75 Å². The normalized spacial score (nSPS) is 10.1. The molecule has 0 aliphatic heterocycles. The summed E-state index contributed by atoms with van der Waals surface area (Å²) in [5.74, 6) is 0.950. The number of hydrogen-bond acceptors (Lipinski definition) is 1. The highest BCUT2D eigenvalue weighted by Crippen LogP contribution is 2.08. The molecule has 58 valence electrons. The molecule has 0 aromatic heterocycles. The Morgan fingerprint density at radius 3 is 2.18 bits per heavy atom. The van der Waals surface area contributed by atoms with E-state index in [1.807, 2.05) is 26.0 Å². The van der Waals surface area contributed by atoms with Gasteiger partial charge in [0.25, 0.3) is 0 Å². The largest absolute Gasteiger partial charge is 0.491 e. The SMILES string of the molecule is Bc1ccc(OC(C)C)cc1. The smallest absolute Gasteiger partial charge is 0.139 e. The minimum absolute atomic E-state index is 0.262. The summed E-state index contributed by atoms with van der Waals surface area (Å²) in [6.07, 6.45) is 0.262. The van der Waals surface area contributed by atoms with Crippen molar-refractivity contribution in [3.05, 3.63) is 24.3 Å². The topological polar surface area (TPSA) is 9.23 Å². The van der Waals surface area contributed by atoms with E-state index in [4.69, 9.17) is 4.74 Å². The monoisotopic (exact) mass is 148 g/mol. The van der Waals surface area contributed by atoms with Gasteiger partial charge in [0, 0.05) is 0 Å². The molecule has 1 nitrogen and oxygen atoms in total. The van der Waals surface area contributed by atoms with Gasteiger partial charge in [-0.25, -0.2) is 0 Å². The summed E-state index contributed by atoms with van der Waals surface area (Å²) in [6, 6.07) is 8.10. The van der Waals surface area contributed by atoms with Gasteiger partial charge in [-0.1, -0.05) is 17.6 Å². The summed E-state index contributed by atoms with van der Waals surface area (Å²) in [6.45, 7) is 4.06. The standard InChI is InChI=1S/C9H13BO/c1-7(2)11-9-5-3-8(10)4-6-9/h3-7H,10H2,1-2H3. The van der Waals surface area contributed by atoms with Crippen LogP contribution in [0.4, 0.5) is 0 Å². The molecule has 0 saturated heterocycles. The molecule has 1 aromatic carbocycles. The molecule has 2 heteroatoms. The quantitative estimate of drug-likeness (QED) is 0.562. The number of hydrogen-bond donors (Lipinski definition) is 0. The van der Waals surface area contributed by atoms with Crippen LogP contribution in [0.15, 0.2) is 24.3 Å². The molecule has 0 saturated carbocycles. The van der Waals surface area contributed by atoms with Crippen molar-refractivity contribution < 1.29 is 4.74 Å². The Hall–Kier alpha value is -0.915. The maximum Gasteiger partial charge on any atom is 0.139 e. The minimum atomic E-state index is 0.262. The molecule has 0 unspecified atom stereocenters. The third kappa shape index (κ3) is 2.66. The lowest BCUT2D eigenvalue weighted by Crippen LogP contribution is -2.07. The van der Waals surface area contributed by atoms with Crippen LogP contribution in [0.25, 0.3) is 0 Å². The second kappa shape index (κ2) is 3.47. The van der Waals surface area contributed by atoms with E-state index in [9.17, 15) is 0 Å². The average Bonchev–Trinajstić information content (AvgIpc) is 1.93. The summed E-state index contributed by atoms with van der Waals surface area (Å²) in [4.78, 5) is 0. The maximum absolute atomic E-state index is 5.47. The van der Waals surface area contributed by atoms with Crippen LogP contribution < -0.4 is 10.2 Å². The minimum Gasteiger partial charge on any atom is -0.491 e. The second-order valence-corrected chi connectivity index (χ2v) is 2.98. The molecule has 0 atom stereocenters. The van der Waals surface area contributed by atoms with E-state index in [1.165, 1.54) is 5.46 Å². The number of rotatable bonds is 2. The van der Waals surface area contributed by atoms with E-state index in [0.29, 0.717) is 0 Å². The fraction of sp³-hybridized carbons (Fsp3) is 0.333. The molecule has 0 N–H and O–H groups in total. The molecule has 0 fully saturated rings. The van der Waals surface area contributed by atoms with Crippen molar-refractivity contribution in [1.82, 2.24) is 0 Å². The zero-order valence-corrected chi connectivity index (χ0v) is 7.29. The highest BCUT2D eigenvalue weighted by molar-refractivity contribution is 6.32. The highest BCUT2D eigenvalue weighted by Gasteiger charge is 1.94. The summed E-state index contributed by atoms with van der Waals surface area (Å²) in [5, 5.41) is 0. The predicted octanol–water partition coefficient (Wildman–Crippen LogP) is 0.732. The van der Waals surface area contributed by atoms with Crippen molar-refractivity contribution in [2.24, 2.45) is 0 Å². The van der Waals surface area contributed by atoms with E-state index < -0.39 is 0 Å². The Morgan fingerprint density at radius 1 is 1.18 bits per heavy atom. The van der Waals surface area contributed by atoms with Crippen LogP contribution >= 0.6 is 0 Å². The third-order valence-electron chi connectivity index (χ3n) is 1.39. The van der Waals surface area contributed by atoms with E-state index in [-0.39, 0.29) is 6.10 Å². The van der Waals surface area contributed by atoms with Gasteiger partial charge in [0.1, 0.15) is 13.6 Å². The first-order chi connectivity index (χ1) is 5.18. The molecular weight excluding hydrogens is 135 g/mol. The summed E-state index contributed by atoms with van der Waals surface area (Å²) < 4.78 is 5.47. The summed E-state index contributed by atoms with van der Waals surface area (Å²) in [5.41, 5.74) is 1.26. The summed E-state index contributed by atoms with van der Waals surface area (Å²) >= 11 is 0. The molecule has 0 radical (unpaired) electrons. The molecule has 0 heterocycles. The predicted molar refractivity (Wildman–Crippen MR) is 50.4 cm³/mol. The molecule has 0 spiro atoms. The molecule has 0 bridgehead atoms. The van der Waals surface area contributed by atoms with Gasteiger partial charge in [0.05, 0.1) is 6.10 Å². The molecule has 1 aromatic rings. The van der Waals surface area contributed by atoms with Crippen LogP contribution in [0.1, 0.15) is 13.8 Å². The van der Waals surface area contributed by atoms with Gasteiger partial charge in [-0.2, -0.15) is 0 Å². The van der Waals surface area contributed by atoms with Crippen LogP contribution in [0.2, 0.25) is 0 Å². The van der Waals surface area contributed by atoms with E-state index in [1.54, 1.807) is 0 Å². The Balaban J connectivity index is 2.66. The average molecular weight is 148 g/mol. The molecular formula is C9H13BO. The first-order valence-corrected chi connectivity index (χ1v) is 3.92. The van der Waals surface area contributed by atoms with Crippen LogP contribution in [-0.2, 0) is 0 Å². The van der Waals surface area contributed by atoms with Gasteiger partial charge in [0.15, 0.2) is 0 Å². The van der Waals surface area contributed by atoms with E-state index in [2.05, 4.69) is 20.0 Å². The molecule has 0 aliphatic rings. The fourth-order valence-electron chi connectivity index (χ4n) is 0.889. The Kier molecular flexibility index (Phi) is 2.58. The van der Waals surface area contributed by atoms with Crippen LogP contribution in [0, 0.1) is 0 Å². The van der Waals surface area contributed by atoms with Gasteiger partial charge in [0.2, 0.25) is 0 Å². The van der Waals surface area contributed by atoms with E-state index in [0.717, 1.165) is 5.75 Å². The molecule has 0 amide bonds. The molecule has 0 aliphatic carbocycles. The van der Waals surface area contributed by atoms with Crippen molar-refractivity contribution in [3.63, 3.8) is 0 Å². The highest BCUT2D eigenvalue weighted by atomic mass is 16.5. The lowest BCUT2D eigenvalue weighted by atomic mass is 9.97. The van der Waals surface area contributed by atoms with Gasteiger partial charge in [-0.05, 0) is 26.0 Å². The van der Waals surface area contributed by atoms with E-state index >= 15 is 0 Å².